The van der Waals surface area contributed by atoms with Crippen molar-refractivity contribution in [3.63, 3.8) is 0 Å². The number of benzene rings is 2. The number of ketones is 1. The molecule has 0 aliphatic carbocycles. The number of hydrogen-bond donors (Lipinski definition) is 1. The predicted octanol–water partition coefficient (Wildman–Crippen LogP) is 5.64. The van der Waals surface area contributed by atoms with Gasteiger partial charge in [-0.05, 0) is 55.0 Å². The van der Waals surface area contributed by atoms with Crippen LogP contribution in [0.15, 0.2) is 36.1 Å². The van der Waals surface area contributed by atoms with E-state index in [9.17, 15) is 18.7 Å². The summed E-state index contributed by atoms with van der Waals surface area (Å²) in [4.78, 5) is 12.8. The Kier molecular flexibility index (Phi) is 4.55. The fraction of sp³-hybridized carbons (Fsp3) is 0.318. The molecule has 3 nitrogen and oxygen atoms in total. The summed E-state index contributed by atoms with van der Waals surface area (Å²) in [5, 5.41) is 10.5. The molecule has 0 radical (unpaired) electrons. The number of halogens is 3. The molecule has 0 spiro atoms. The lowest BCUT2D eigenvalue weighted by Gasteiger charge is -2.31. The monoisotopic (exact) mass is 404 g/mol. The third kappa shape index (κ3) is 2.76. The molecule has 0 amide bonds. The average Bonchev–Trinajstić information content (AvgIpc) is 3.06. The molecule has 2 heterocycles. The minimum Gasteiger partial charge on any atom is -0.508 e. The summed E-state index contributed by atoms with van der Waals surface area (Å²) < 4.78 is 33.9. The molecule has 2 aliphatic heterocycles. The molecule has 6 heteroatoms. The van der Waals surface area contributed by atoms with Crippen LogP contribution in [0.1, 0.15) is 37.8 Å². The maximum atomic E-state index is 14.3. The van der Waals surface area contributed by atoms with E-state index in [1.54, 1.807) is 25.1 Å². The molecule has 2 aromatic carbocycles. The van der Waals surface area contributed by atoms with Gasteiger partial charge in [-0.15, -0.1) is 0 Å². The first-order valence-electron chi connectivity index (χ1n) is 9.19. The number of aliphatic hydroxyl groups excluding tert-OH is 1. The molecule has 1 fully saturated rings. The first kappa shape index (κ1) is 19.1. The molecular formula is C22H19ClF2O3. The third-order valence-electron chi connectivity index (χ3n) is 5.66. The van der Waals surface area contributed by atoms with Crippen LogP contribution < -0.4 is 0 Å². The normalized spacial score (nSPS) is 24.2. The number of hydrogen-bond acceptors (Lipinski definition) is 3. The minimum atomic E-state index is -1.09. The fourth-order valence-corrected chi connectivity index (χ4v) is 4.19. The number of rotatable bonds is 3. The van der Waals surface area contributed by atoms with Crippen molar-refractivity contribution in [1.29, 1.82) is 0 Å². The molecule has 2 atom stereocenters. The molecule has 28 heavy (non-hydrogen) atoms. The van der Waals surface area contributed by atoms with Gasteiger partial charge in [0.05, 0.1) is 10.6 Å². The highest BCUT2D eigenvalue weighted by Crippen LogP contribution is 2.45. The van der Waals surface area contributed by atoms with Crippen LogP contribution in [0.25, 0.3) is 16.7 Å². The highest BCUT2D eigenvalue weighted by atomic mass is 35.5. The molecule has 2 aromatic rings. The van der Waals surface area contributed by atoms with Crippen LogP contribution >= 0.6 is 11.6 Å². The Balaban J connectivity index is 1.85. The van der Waals surface area contributed by atoms with Crippen LogP contribution in [-0.4, -0.2) is 22.6 Å². The van der Waals surface area contributed by atoms with Gasteiger partial charge in [-0.1, -0.05) is 36.7 Å². The van der Waals surface area contributed by atoms with E-state index in [4.69, 9.17) is 16.3 Å². The van der Waals surface area contributed by atoms with Crippen LogP contribution in [0, 0.1) is 11.6 Å². The maximum Gasteiger partial charge on any atom is 0.195 e. The van der Waals surface area contributed by atoms with Gasteiger partial charge in [0.25, 0.3) is 0 Å². The van der Waals surface area contributed by atoms with Gasteiger partial charge in [0.1, 0.15) is 17.5 Å². The van der Waals surface area contributed by atoms with E-state index < -0.39 is 23.3 Å². The number of Topliss-reactive ketones (excluding diaryl/α,β-unsaturated/α-hetero) is 1. The maximum absolute atomic E-state index is 14.3. The first-order valence-corrected chi connectivity index (χ1v) is 9.57. The van der Waals surface area contributed by atoms with E-state index in [-0.39, 0.29) is 27.7 Å². The van der Waals surface area contributed by atoms with E-state index in [0.29, 0.717) is 30.4 Å². The van der Waals surface area contributed by atoms with Crippen LogP contribution in [0.4, 0.5) is 8.78 Å². The van der Waals surface area contributed by atoms with Crippen molar-refractivity contribution in [2.75, 3.05) is 0 Å². The van der Waals surface area contributed by atoms with E-state index in [2.05, 4.69) is 0 Å². The lowest BCUT2D eigenvalue weighted by molar-refractivity contribution is -0.130. The van der Waals surface area contributed by atoms with Crippen LogP contribution in [0.2, 0.25) is 5.02 Å². The van der Waals surface area contributed by atoms with Gasteiger partial charge < -0.3 is 9.84 Å². The van der Waals surface area contributed by atoms with Crippen molar-refractivity contribution in [2.24, 2.45) is 0 Å². The summed E-state index contributed by atoms with van der Waals surface area (Å²) in [6.07, 6.45) is 1.14. The summed E-state index contributed by atoms with van der Waals surface area (Å²) in [5.74, 6) is -2.40. The molecule has 1 N–H and O–H groups in total. The molecule has 1 saturated heterocycles. The van der Waals surface area contributed by atoms with Crippen molar-refractivity contribution in [3.05, 3.63) is 63.9 Å². The molecular weight excluding hydrogens is 386 g/mol. The Morgan fingerprint density at radius 3 is 2.64 bits per heavy atom. The molecule has 2 bridgehead atoms. The Morgan fingerprint density at radius 2 is 1.93 bits per heavy atom. The molecule has 4 rings (SSSR count). The number of fused-ring (bicyclic) bond motifs is 2. The van der Waals surface area contributed by atoms with Gasteiger partial charge in [0, 0.05) is 5.56 Å². The minimum absolute atomic E-state index is 0.0579. The van der Waals surface area contributed by atoms with Crippen LogP contribution in [0.5, 0.6) is 0 Å². The zero-order chi connectivity index (χ0) is 20.2. The Morgan fingerprint density at radius 1 is 1.21 bits per heavy atom. The van der Waals surface area contributed by atoms with E-state index >= 15 is 0 Å². The smallest absolute Gasteiger partial charge is 0.195 e. The summed E-state index contributed by atoms with van der Waals surface area (Å²) in [6.45, 7) is 3.68. The molecule has 0 saturated carbocycles. The standard InChI is InChI=1S/C22H19ClF2O3/c1-3-11-10-12(14-6-7-15(23)19(25)18(14)24)4-5-13(11)17-20(26)16-8-9-22(2,28-16)21(17)27/h4-7,10,16,27H,3,8-9H2,1-2H3. The second-order valence-corrected chi connectivity index (χ2v) is 7.82. The summed E-state index contributed by atoms with van der Waals surface area (Å²) in [5.41, 5.74) is 1.33. The van der Waals surface area contributed by atoms with E-state index in [1.807, 2.05) is 6.92 Å². The predicted molar refractivity (Wildman–Crippen MR) is 103 cm³/mol. The highest BCUT2D eigenvalue weighted by molar-refractivity contribution is 6.30. The fourth-order valence-electron chi connectivity index (χ4n) is 4.05. The van der Waals surface area contributed by atoms with Gasteiger partial charge in [0.15, 0.2) is 17.4 Å². The van der Waals surface area contributed by atoms with Crippen molar-refractivity contribution >= 4 is 23.0 Å². The largest absolute Gasteiger partial charge is 0.508 e. The summed E-state index contributed by atoms with van der Waals surface area (Å²) in [7, 11) is 0. The van der Waals surface area contributed by atoms with Gasteiger partial charge in [-0.3, -0.25) is 4.79 Å². The molecule has 0 aromatic heterocycles. The highest BCUT2D eigenvalue weighted by Gasteiger charge is 2.50. The zero-order valence-corrected chi connectivity index (χ0v) is 16.2. The lowest BCUT2D eigenvalue weighted by atomic mass is 9.87. The van der Waals surface area contributed by atoms with Crippen molar-refractivity contribution < 1.29 is 23.4 Å². The van der Waals surface area contributed by atoms with Gasteiger partial charge in [-0.2, -0.15) is 0 Å². The van der Waals surface area contributed by atoms with E-state index in [1.165, 1.54) is 12.1 Å². The summed E-state index contributed by atoms with van der Waals surface area (Å²) in [6, 6.07) is 7.75. The number of carbonyl (C=O) groups excluding carboxylic acids is 1. The molecule has 2 aliphatic rings. The lowest BCUT2D eigenvalue weighted by Crippen LogP contribution is -2.37. The van der Waals surface area contributed by atoms with Gasteiger partial charge in [-0.25, -0.2) is 8.78 Å². The Hall–Kier alpha value is -2.24. The topological polar surface area (TPSA) is 46.5 Å². The molecule has 2 unspecified atom stereocenters. The average molecular weight is 405 g/mol. The van der Waals surface area contributed by atoms with Crippen molar-refractivity contribution in [2.45, 2.75) is 44.8 Å². The second-order valence-electron chi connectivity index (χ2n) is 7.41. The van der Waals surface area contributed by atoms with Crippen LogP contribution in [0.3, 0.4) is 0 Å². The number of aryl methyl sites for hydroxylation is 1. The third-order valence-corrected chi connectivity index (χ3v) is 5.96. The zero-order valence-electron chi connectivity index (χ0n) is 15.5. The van der Waals surface area contributed by atoms with E-state index in [0.717, 1.165) is 5.56 Å². The van der Waals surface area contributed by atoms with Crippen molar-refractivity contribution in [3.8, 4) is 11.1 Å². The van der Waals surface area contributed by atoms with Gasteiger partial charge >= 0.3 is 0 Å². The van der Waals surface area contributed by atoms with Gasteiger partial charge in [0.2, 0.25) is 0 Å². The van der Waals surface area contributed by atoms with Crippen molar-refractivity contribution in [1.82, 2.24) is 0 Å². The first-order chi connectivity index (χ1) is 13.3. The van der Waals surface area contributed by atoms with Crippen LogP contribution in [-0.2, 0) is 16.0 Å². The number of aliphatic hydroxyl groups is 1. The summed E-state index contributed by atoms with van der Waals surface area (Å²) >= 11 is 5.64. The Labute approximate surface area is 166 Å². The quantitative estimate of drug-likeness (QED) is 0.673. The SMILES string of the molecule is CCc1cc(-c2ccc(Cl)c(F)c2F)ccc1C1=C(O)C2(C)CCC(O2)C1=O. The Bertz CT molecular complexity index is 1030. The molecule has 146 valence electrons. The second kappa shape index (κ2) is 6.68. The number of carbonyl (C=O) groups is 1. The number of ether oxygens (including phenoxy) is 1.